The molecule has 1 aliphatic rings. The van der Waals surface area contributed by atoms with Crippen LogP contribution in [0.4, 0.5) is 10.1 Å². The molecule has 1 N–H and O–H groups in total. The Bertz CT molecular complexity index is 1060. The van der Waals surface area contributed by atoms with Crippen LogP contribution in [0.5, 0.6) is 0 Å². The monoisotopic (exact) mass is 448 g/mol. The molecular weight excluding hydrogens is 419 g/mol. The number of nitrogens with zero attached hydrogens (tertiary/aromatic N) is 3. The first-order valence-electron chi connectivity index (χ1n) is 11.1. The first-order valence-corrected chi connectivity index (χ1v) is 11.1. The molecule has 33 heavy (non-hydrogen) atoms. The van der Waals surface area contributed by atoms with Crippen molar-refractivity contribution in [1.82, 2.24) is 10.3 Å². The van der Waals surface area contributed by atoms with Gasteiger partial charge in [0, 0.05) is 44.0 Å². The molecule has 0 saturated carbocycles. The van der Waals surface area contributed by atoms with Crippen LogP contribution in [-0.2, 0) is 4.74 Å². The zero-order valence-electron chi connectivity index (χ0n) is 19.1. The smallest absolute Gasteiger partial charge is 0.251 e. The van der Waals surface area contributed by atoms with Gasteiger partial charge in [-0.3, -0.25) is 9.79 Å². The minimum Gasteiger partial charge on any atom is -0.378 e. The van der Waals surface area contributed by atoms with Crippen LogP contribution < -0.4 is 10.2 Å². The summed E-state index contributed by atoms with van der Waals surface area (Å²) in [7, 11) is 1.75. The summed E-state index contributed by atoms with van der Waals surface area (Å²) in [6.45, 7) is 5.35. The molecule has 1 aromatic carbocycles. The van der Waals surface area contributed by atoms with Crippen LogP contribution in [0.15, 0.2) is 53.2 Å². The van der Waals surface area contributed by atoms with Gasteiger partial charge in [0.25, 0.3) is 5.91 Å². The van der Waals surface area contributed by atoms with Crippen LogP contribution in [0.3, 0.4) is 0 Å². The van der Waals surface area contributed by atoms with Gasteiger partial charge in [0.1, 0.15) is 11.5 Å². The number of ether oxygens (including phenoxy) is 1. The second-order valence-corrected chi connectivity index (χ2v) is 7.55. The van der Waals surface area contributed by atoms with Crippen LogP contribution >= 0.6 is 0 Å². The van der Waals surface area contributed by atoms with Crippen molar-refractivity contribution in [1.29, 1.82) is 0 Å². The van der Waals surface area contributed by atoms with Crippen molar-refractivity contribution in [3.8, 4) is 11.8 Å². The summed E-state index contributed by atoms with van der Waals surface area (Å²) in [5.74, 6) is 5.56. The van der Waals surface area contributed by atoms with Gasteiger partial charge in [-0.15, -0.1) is 0 Å². The Morgan fingerprint density at radius 2 is 2.09 bits per heavy atom. The quantitative estimate of drug-likeness (QED) is 0.399. The lowest BCUT2D eigenvalue weighted by Gasteiger charge is -2.30. The third kappa shape index (κ3) is 7.26. The van der Waals surface area contributed by atoms with E-state index in [1.54, 1.807) is 13.1 Å². The molecule has 6 nitrogen and oxygen atoms in total. The highest BCUT2D eigenvalue weighted by Gasteiger charge is 2.16. The fraction of sp³-hybridized carbons (Fsp3) is 0.346. The van der Waals surface area contributed by atoms with Crippen LogP contribution in [-0.4, -0.2) is 57.0 Å². The molecule has 1 aliphatic heterocycles. The van der Waals surface area contributed by atoms with E-state index in [9.17, 15) is 9.18 Å². The summed E-state index contributed by atoms with van der Waals surface area (Å²) in [6, 6.07) is 8.42. The molecule has 0 aliphatic carbocycles. The molecule has 7 heteroatoms. The number of morpholine rings is 1. The number of halogens is 1. The third-order valence-corrected chi connectivity index (χ3v) is 5.26. The Balaban J connectivity index is 1.75. The summed E-state index contributed by atoms with van der Waals surface area (Å²) >= 11 is 0. The highest BCUT2D eigenvalue weighted by molar-refractivity contribution is 5.95. The highest BCUT2D eigenvalue weighted by Crippen LogP contribution is 2.23. The molecule has 0 spiro atoms. The minimum atomic E-state index is -0.406. The SMILES string of the molecule is C/C=C(\C=NC)CCCNC(=O)c1ccc(N2CCOCC2)c(C#Cc2ccc(F)cn2)c1. The number of amides is 1. The summed E-state index contributed by atoms with van der Waals surface area (Å²) in [5.41, 5.74) is 3.83. The van der Waals surface area contributed by atoms with Crippen molar-refractivity contribution < 1.29 is 13.9 Å². The Kier molecular flexibility index (Phi) is 9.16. The Morgan fingerprint density at radius 3 is 2.79 bits per heavy atom. The zero-order chi connectivity index (χ0) is 23.5. The van der Waals surface area contributed by atoms with Crippen LogP contribution in [0.1, 0.15) is 41.4 Å². The maximum atomic E-state index is 13.1. The Morgan fingerprint density at radius 1 is 1.27 bits per heavy atom. The van der Waals surface area contributed by atoms with Crippen molar-refractivity contribution in [2.75, 3.05) is 44.8 Å². The van der Waals surface area contributed by atoms with E-state index in [0.717, 1.165) is 49.0 Å². The topological polar surface area (TPSA) is 66.8 Å². The summed E-state index contributed by atoms with van der Waals surface area (Å²) in [4.78, 5) is 23.0. The predicted octanol–water partition coefficient (Wildman–Crippen LogP) is 3.61. The molecule has 1 aromatic heterocycles. The summed E-state index contributed by atoms with van der Waals surface area (Å²) in [5, 5.41) is 2.98. The fourth-order valence-electron chi connectivity index (χ4n) is 3.48. The number of carbonyl (C=O) groups excluding carboxylic acids is 1. The molecule has 2 heterocycles. The molecule has 1 saturated heterocycles. The molecule has 0 bridgehead atoms. The van der Waals surface area contributed by atoms with E-state index in [1.807, 2.05) is 31.3 Å². The molecule has 0 radical (unpaired) electrons. The second kappa shape index (κ2) is 12.5. The first-order chi connectivity index (χ1) is 16.1. The summed E-state index contributed by atoms with van der Waals surface area (Å²) in [6.07, 6.45) is 6.69. The molecular formula is C26H29FN4O2. The molecule has 2 aromatic rings. The van der Waals surface area contributed by atoms with Gasteiger partial charge >= 0.3 is 0 Å². The van der Waals surface area contributed by atoms with Crippen molar-refractivity contribution in [3.05, 3.63) is 70.8 Å². The fourth-order valence-corrected chi connectivity index (χ4v) is 3.48. The molecule has 1 fully saturated rings. The van der Waals surface area contributed by atoms with E-state index >= 15 is 0 Å². The lowest BCUT2D eigenvalue weighted by atomic mass is 10.1. The standard InChI is InChI=1S/C26H29FN4O2/c1-3-20(18-28-2)5-4-12-29-26(32)22-7-11-25(31-13-15-33-16-14-31)21(17-22)6-9-24-10-8-23(27)19-30-24/h3,7-8,10-11,17-19H,4-5,12-16H2,1-2H3,(H,29,32)/b20-3-,28-18?. The van der Waals surface area contributed by atoms with Crippen molar-refractivity contribution in [3.63, 3.8) is 0 Å². The normalized spacial score (nSPS) is 14.2. The number of anilines is 1. The number of aliphatic imine (C=N–C) groups is 1. The highest BCUT2D eigenvalue weighted by atomic mass is 19.1. The maximum absolute atomic E-state index is 13.1. The number of nitrogens with one attached hydrogen (secondary N) is 1. The van der Waals surface area contributed by atoms with Gasteiger partial charge in [-0.05, 0) is 61.6 Å². The van der Waals surface area contributed by atoms with Crippen LogP contribution in [0.2, 0.25) is 0 Å². The number of aromatic nitrogens is 1. The van der Waals surface area contributed by atoms with E-state index in [1.165, 1.54) is 12.1 Å². The number of hydrogen-bond acceptors (Lipinski definition) is 5. The number of carbonyl (C=O) groups is 1. The predicted molar refractivity (Wildman–Crippen MR) is 129 cm³/mol. The van der Waals surface area contributed by atoms with E-state index in [-0.39, 0.29) is 5.91 Å². The number of rotatable bonds is 7. The van der Waals surface area contributed by atoms with Gasteiger partial charge in [-0.25, -0.2) is 9.37 Å². The van der Waals surface area contributed by atoms with E-state index in [4.69, 9.17) is 4.74 Å². The van der Waals surface area contributed by atoms with Gasteiger partial charge in [0.2, 0.25) is 0 Å². The van der Waals surface area contributed by atoms with Crippen LogP contribution in [0, 0.1) is 17.7 Å². The lowest BCUT2D eigenvalue weighted by Crippen LogP contribution is -2.36. The van der Waals surface area contributed by atoms with Gasteiger partial charge in [-0.2, -0.15) is 0 Å². The zero-order valence-corrected chi connectivity index (χ0v) is 19.1. The van der Waals surface area contributed by atoms with Crippen molar-refractivity contribution >= 4 is 17.8 Å². The molecule has 0 atom stereocenters. The number of hydrogen-bond donors (Lipinski definition) is 1. The third-order valence-electron chi connectivity index (χ3n) is 5.26. The summed E-state index contributed by atoms with van der Waals surface area (Å²) < 4.78 is 18.6. The average Bonchev–Trinajstić information content (AvgIpc) is 2.85. The van der Waals surface area contributed by atoms with Crippen molar-refractivity contribution in [2.45, 2.75) is 19.8 Å². The molecule has 172 valence electrons. The van der Waals surface area contributed by atoms with Gasteiger partial charge in [0.15, 0.2) is 0 Å². The maximum Gasteiger partial charge on any atom is 0.251 e. The van der Waals surface area contributed by atoms with Gasteiger partial charge in [-0.1, -0.05) is 12.0 Å². The van der Waals surface area contributed by atoms with Gasteiger partial charge in [0.05, 0.1) is 25.1 Å². The van der Waals surface area contributed by atoms with E-state index in [0.29, 0.717) is 31.0 Å². The number of allylic oxidation sites excluding steroid dienone is 2. The van der Waals surface area contributed by atoms with E-state index in [2.05, 4.69) is 32.0 Å². The number of pyridine rings is 1. The lowest BCUT2D eigenvalue weighted by molar-refractivity contribution is 0.0953. The Hall–Kier alpha value is -3.50. The molecule has 0 unspecified atom stereocenters. The average molecular weight is 449 g/mol. The first kappa shape index (κ1) is 24.1. The largest absolute Gasteiger partial charge is 0.378 e. The second-order valence-electron chi connectivity index (χ2n) is 7.55. The number of benzene rings is 1. The van der Waals surface area contributed by atoms with Crippen molar-refractivity contribution in [2.24, 2.45) is 4.99 Å². The molecule has 1 amide bonds. The Labute approximate surface area is 194 Å². The van der Waals surface area contributed by atoms with E-state index < -0.39 is 5.82 Å². The van der Waals surface area contributed by atoms with Gasteiger partial charge < -0.3 is 15.0 Å². The van der Waals surface area contributed by atoms with Crippen LogP contribution in [0.25, 0.3) is 0 Å². The minimum absolute atomic E-state index is 0.141. The molecule has 3 rings (SSSR count).